The molecule has 1 saturated heterocycles. The monoisotopic (exact) mass is 451 g/mol. The third kappa shape index (κ3) is 5.53. The van der Waals surface area contributed by atoms with Crippen LogP contribution in [0.4, 0.5) is 13.2 Å². The molecule has 0 aliphatic carbocycles. The van der Waals surface area contributed by atoms with Crippen LogP contribution in [0.2, 0.25) is 18.1 Å². The van der Waals surface area contributed by atoms with E-state index >= 15 is 0 Å². The van der Waals surface area contributed by atoms with Gasteiger partial charge in [0.25, 0.3) is 0 Å². The second-order valence-electron chi connectivity index (χ2n) is 8.96. The minimum absolute atomic E-state index is 0.0795. The van der Waals surface area contributed by atoms with E-state index in [1.807, 2.05) is 6.07 Å². The van der Waals surface area contributed by atoms with Crippen molar-refractivity contribution in [1.82, 2.24) is 0 Å². The number of halogens is 3. The fourth-order valence-corrected chi connectivity index (χ4v) is 7.79. The van der Waals surface area contributed by atoms with Crippen molar-refractivity contribution in [3.05, 3.63) is 94.8 Å². The number of hydrogen-bond acceptors (Lipinski definition) is 0. The van der Waals surface area contributed by atoms with Gasteiger partial charge in [-0.15, -0.1) is 0 Å². The summed E-state index contributed by atoms with van der Waals surface area (Å²) in [7, 11) is -0.0795. The molecule has 3 aromatic carbocycles. The Balaban J connectivity index is 1.34. The van der Waals surface area contributed by atoms with Crippen LogP contribution < -0.4 is 0 Å². The Kier molecular flexibility index (Phi) is 7.51. The molecule has 1 heterocycles. The molecular weight excluding hydrogens is 421 g/mol. The smallest absolute Gasteiger partial charge is 0.159 e. The van der Waals surface area contributed by atoms with Gasteiger partial charge >= 0.3 is 0 Å². The predicted octanol–water partition coefficient (Wildman–Crippen LogP) is 8.34. The zero-order valence-electron chi connectivity index (χ0n) is 18.6. The van der Waals surface area contributed by atoms with Crippen LogP contribution in [-0.2, 0) is 12.8 Å². The fraction of sp³-hybridized carbons (Fsp3) is 0.357. The van der Waals surface area contributed by atoms with Crippen LogP contribution >= 0.6 is 0 Å². The zero-order chi connectivity index (χ0) is 22.5. The van der Waals surface area contributed by atoms with Crippen LogP contribution in [0, 0.1) is 17.5 Å². The molecule has 1 aliphatic rings. The molecule has 0 spiro atoms. The van der Waals surface area contributed by atoms with Gasteiger partial charge in [0.1, 0.15) is 5.82 Å². The van der Waals surface area contributed by atoms with Crippen LogP contribution in [-0.4, -0.2) is 8.80 Å². The van der Waals surface area contributed by atoms with Crippen LogP contribution in [0.3, 0.4) is 0 Å². The third-order valence-electron chi connectivity index (χ3n) is 6.71. The van der Waals surface area contributed by atoms with E-state index in [1.165, 1.54) is 60.7 Å². The summed E-state index contributed by atoms with van der Waals surface area (Å²) in [4.78, 5) is 0. The molecule has 1 aliphatic heterocycles. The average Bonchev–Trinajstić information content (AvgIpc) is 2.81. The van der Waals surface area contributed by atoms with Crippen LogP contribution in [0.1, 0.15) is 48.8 Å². The average molecular weight is 452 g/mol. The van der Waals surface area contributed by atoms with E-state index in [0.717, 1.165) is 30.5 Å². The van der Waals surface area contributed by atoms with Gasteiger partial charge in [0.15, 0.2) is 11.6 Å². The summed E-state index contributed by atoms with van der Waals surface area (Å²) >= 11 is 0. The summed E-state index contributed by atoms with van der Waals surface area (Å²) < 4.78 is 41.2. The highest BCUT2D eigenvalue weighted by molar-refractivity contribution is 6.59. The van der Waals surface area contributed by atoms with E-state index in [-0.39, 0.29) is 14.4 Å². The summed E-state index contributed by atoms with van der Waals surface area (Å²) in [5, 5.41) is 0. The summed E-state index contributed by atoms with van der Waals surface area (Å²) in [5.41, 5.74) is 4.25. The van der Waals surface area contributed by atoms with E-state index in [1.54, 1.807) is 6.07 Å². The number of hydrogen-bond donors (Lipinski definition) is 0. The lowest BCUT2D eigenvalue weighted by molar-refractivity contribution is 0.509. The van der Waals surface area contributed by atoms with Crippen molar-refractivity contribution in [3.63, 3.8) is 0 Å². The van der Waals surface area contributed by atoms with Gasteiger partial charge in [-0.3, -0.25) is 0 Å². The largest absolute Gasteiger partial charge is 0.206 e. The SMILES string of the molecule is CCC[Si]1CCC(c2ccc(CCc3ccc(-c4ccc(F)c(F)c4)c(F)c3)cc2)CC1. The highest BCUT2D eigenvalue weighted by atomic mass is 28.3. The Bertz CT molecular complexity index is 1040. The molecule has 167 valence electrons. The van der Waals surface area contributed by atoms with Crippen molar-refractivity contribution in [2.75, 3.05) is 0 Å². The second-order valence-corrected chi connectivity index (χ2v) is 12.0. The van der Waals surface area contributed by atoms with Crippen molar-refractivity contribution in [2.45, 2.75) is 63.1 Å². The molecule has 32 heavy (non-hydrogen) atoms. The minimum atomic E-state index is -0.968. The van der Waals surface area contributed by atoms with E-state index < -0.39 is 17.5 Å². The van der Waals surface area contributed by atoms with Crippen molar-refractivity contribution in [1.29, 1.82) is 0 Å². The highest BCUT2D eigenvalue weighted by Crippen LogP contribution is 2.35. The molecule has 1 fully saturated rings. The summed E-state index contributed by atoms with van der Waals surface area (Å²) in [6.07, 6.45) is 5.61. The van der Waals surface area contributed by atoms with Gasteiger partial charge in [0.2, 0.25) is 0 Å². The first-order valence-electron chi connectivity index (χ1n) is 11.7. The van der Waals surface area contributed by atoms with Crippen molar-refractivity contribution >= 4 is 8.80 Å². The summed E-state index contributed by atoms with van der Waals surface area (Å²) in [6, 6.07) is 21.9. The van der Waals surface area contributed by atoms with Crippen LogP contribution in [0.5, 0.6) is 0 Å². The van der Waals surface area contributed by atoms with E-state index in [9.17, 15) is 13.2 Å². The molecule has 0 saturated carbocycles. The minimum Gasteiger partial charge on any atom is -0.206 e. The topological polar surface area (TPSA) is 0 Å². The van der Waals surface area contributed by atoms with Gasteiger partial charge in [-0.2, -0.15) is 0 Å². The second kappa shape index (κ2) is 10.5. The zero-order valence-corrected chi connectivity index (χ0v) is 19.6. The molecule has 1 radical (unpaired) electrons. The molecule has 0 atom stereocenters. The predicted molar refractivity (Wildman–Crippen MR) is 128 cm³/mol. The number of aryl methyl sites for hydroxylation is 2. The third-order valence-corrected chi connectivity index (χ3v) is 9.91. The number of rotatable bonds is 7. The highest BCUT2D eigenvalue weighted by Gasteiger charge is 2.22. The lowest BCUT2D eigenvalue weighted by Gasteiger charge is -2.27. The molecule has 4 rings (SSSR count). The first-order chi connectivity index (χ1) is 15.5. The van der Waals surface area contributed by atoms with Crippen molar-refractivity contribution in [2.24, 2.45) is 0 Å². The first kappa shape index (κ1) is 22.8. The van der Waals surface area contributed by atoms with E-state index in [2.05, 4.69) is 31.2 Å². The van der Waals surface area contributed by atoms with E-state index in [4.69, 9.17) is 0 Å². The van der Waals surface area contributed by atoms with Crippen molar-refractivity contribution in [3.8, 4) is 11.1 Å². The molecule has 0 aromatic heterocycles. The Hall–Kier alpha value is -2.33. The maximum atomic E-state index is 14.6. The van der Waals surface area contributed by atoms with Gasteiger partial charge in [-0.1, -0.05) is 73.9 Å². The lowest BCUT2D eigenvalue weighted by Crippen LogP contribution is -2.20. The molecule has 3 aromatic rings. The maximum Gasteiger partial charge on any atom is 0.159 e. The summed E-state index contributed by atoms with van der Waals surface area (Å²) in [6.45, 7) is 2.30. The lowest BCUT2D eigenvalue weighted by atomic mass is 9.92. The fourth-order valence-electron chi connectivity index (χ4n) is 4.82. The standard InChI is InChI=1S/C28H30F3Si/c1-2-15-32-16-13-23(14-17-32)22-8-5-20(6-9-22)3-4-21-7-11-25(27(30)18-21)24-10-12-26(29)28(31)19-24/h5-12,18-19,23H,2-4,13-17H2,1H3. The van der Waals surface area contributed by atoms with Gasteiger partial charge in [-0.25, -0.2) is 13.2 Å². The van der Waals surface area contributed by atoms with Gasteiger partial charge in [0.05, 0.1) is 0 Å². The maximum absolute atomic E-state index is 14.6. The molecule has 0 nitrogen and oxygen atoms in total. The molecule has 4 heteroatoms. The summed E-state index contributed by atoms with van der Waals surface area (Å²) in [5.74, 6) is -1.59. The normalized spacial score (nSPS) is 15.2. The van der Waals surface area contributed by atoms with Crippen molar-refractivity contribution < 1.29 is 13.2 Å². The molecule has 0 bridgehead atoms. The first-order valence-corrected chi connectivity index (χ1v) is 13.8. The quantitative estimate of drug-likeness (QED) is 0.317. The molecular formula is C28H30F3Si. The Morgan fingerprint density at radius 2 is 1.44 bits per heavy atom. The molecule has 0 N–H and O–H groups in total. The van der Waals surface area contributed by atoms with Crippen LogP contribution in [0.25, 0.3) is 11.1 Å². The Labute approximate surface area is 191 Å². The van der Waals surface area contributed by atoms with Gasteiger partial charge in [0, 0.05) is 14.4 Å². The molecule has 0 unspecified atom stereocenters. The Morgan fingerprint density at radius 1 is 0.750 bits per heavy atom. The van der Waals surface area contributed by atoms with Gasteiger partial charge in [-0.05, 0) is 72.1 Å². The van der Waals surface area contributed by atoms with Gasteiger partial charge < -0.3 is 0 Å². The van der Waals surface area contributed by atoms with Crippen LogP contribution in [0.15, 0.2) is 60.7 Å². The number of benzene rings is 3. The Morgan fingerprint density at radius 3 is 2.09 bits per heavy atom. The van der Waals surface area contributed by atoms with E-state index in [0.29, 0.717) is 11.5 Å². The molecule has 0 amide bonds.